The highest BCUT2D eigenvalue weighted by atomic mass is 16.5. The molecule has 0 saturated carbocycles. The van der Waals surface area contributed by atoms with Gasteiger partial charge in [-0.15, -0.1) is 0 Å². The number of hydrogen-bond donors (Lipinski definition) is 2. The maximum absolute atomic E-state index is 13.2. The molecule has 4 aliphatic heterocycles. The fourth-order valence-corrected chi connectivity index (χ4v) is 5.86. The molecule has 42 heavy (non-hydrogen) atoms. The summed E-state index contributed by atoms with van der Waals surface area (Å²) in [4.78, 5) is 33.5. The van der Waals surface area contributed by atoms with Gasteiger partial charge in [-0.05, 0) is 68.6 Å². The lowest BCUT2D eigenvalue weighted by atomic mass is 9.90. The number of carbonyl (C=O) groups is 1. The van der Waals surface area contributed by atoms with Gasteiger partial charge in [0.25, 0.3) is 5.91 Å². The predicted molar refractivity (Wildman–Crippen MR) is 154 cm³/mol. The molecule has 218 valence electrons. The number of rotatable bonds is 8. The predicted octanol–water partition coefficient (Wildman–Crippen LogP) is 3.33. The minimum Gasteiger partial charge on any atom is -0.487 e. The van der Waals surface area contributed by atoms with Gasteiger partial charge in [-0.2, -0.15) is 10.2 Å². The summed E-state index contributed by atoms with van der Waals surface area (Å²) in [6, 6.07) is 10.9. The molecule has 3 unspecified atom stereocenters. The molecule has 0 aliphatic carbocycles. The summed E-state index contributed by atoms with van der Waals surface area (Å²) in [6.45, 7) is 4.38. The number of hydrogen-bond acceptors (Lipinski definition) is 11. The molecular formula is C30H34N8O4. The van der Waals surface area contributed by atoms with Crippen molar-refractivity contribution in [3.05, 3.63) is 47.8 Å². The van der Waals surface area contributed by atoms with Crippen LogP contribution in [0.4, 0.5) is 11.8 Å². The third-order valence-electron chi connectivity index (χ3n) is 8.09. The third kappa shape index (κ3) is 6.27. The molecule has 7 rings (SSSR count). The van der Waals surface area contributed by atoms with Crippen LogP contribution in [0.2, 0.25) is 0 Å². The van der Waals surface area contributed by atoms with Crippen LogP contribution in [0, 0.1) is 17.2 Å². The van der Waals surface area contributed by atoms with Crippen LogP contribution in [0.25, 0.3) is 11.4 Å². The van der Waals surface area contributed by atoms with E-state index in [0.29, 0.717) is 47.7 Å². The summed E-state index contributed by atoms with van der Waals surface area (Å²) in [5.74, 6) is 1.69. The van der Waals surface area contributed by atoms with Crippen molar-refractivity contribution < 1.29 is 19.0 Å². The first-order valence-electron chi connectivity index (χ1n) is 14.4. The lowest BCUT2D eigenvalue weighted by Gasteiger charge is -2.35. The lowest BCUT2D eigenvalue weighted by molar-refractivity contribution is 0.0253. The lowest BCUT2D eigenvalue weighted by Crippen LogP contribution is -2.50. The molecule has 12 nitrogen and oxygen atoms in total. The molecule has 0 spiro atoms. The van der Waals surface area contributed by atoms with Gasteiger partial charge in [-0.25, -0.2) is 15.0 Å². The van der Waals surface area contributed by atoms with Crippen molar-refractivity contribution in [2.24, 2.45) is 5.92 Å². The molecule has 3 aromatic rings. The third-order valence-corrected chi connectivity index (χ3v) is 8.09. The molecule has 1 amide bonds. The highest BCUT2D eigenvalue weighted by molar-refractivity contribution is 5.97. The average molecular weight is 571 g/mol. The van der Waals surface area contributed by atoms with Crippen molar-refractivity contribution in [2.45, 2.75) is 44.2 Å². The van der Waals surface area contributed by atoms with Gasteiger partial charge < -0.3 is 29.7 Å². The Hall–Kier alpha value is -4.34. The first-order valence-corrected chi connectivity index (χ1v) is 14.4. The Bertz CT molecular complexity index is 1470. The van der Waals surface area contributed by atoms with Gasteiger partial charge in [0.1, 0.15) is 23.6 Å². The highest BCUT2D eigenvalue weighted by Gasteiger charge is 2.33. The van der Waals surface area contributed by atoms with E-state index in [4.69, 9.17) is 14.2 Å². The maximum Gasteiger partial charge on any atom is 0.257 e. The largest absolute Gasteiger partial charge is 0.487 e. The second-order valence-electron chi connectivity index (χ2n) is 10.8. The Morgan fingerprint density at radius 1 is 1.05 bits per heavy atom. The summed E-state index contributed by atoms with van der Waals surface area (Å²) in [5.41, 5.74) is 1.61. The zero-order valence-electron chi connectivity index (χ0n) is 23.6. The number of piperidine rings is 1. The zero-order valence-corrected chi connectivity index (χ0v) is 23.6. The Labute approximate surface area is 244 Å². The van der Waals surface area contributed by atoms with Gasteiger partial charge in [0.15, 0.2) is 11.4 Å². The molecule has 4 aliphatic rings. The maximum atomic E-state index is 13.2. The Balaban J connectivity index is 1.15. The minimum atomic E-state index is -0.188. The van der Waals surface area contributed by atoms with E-state index in [-0.39, 0.29) is 35.6 Å². The molecule has 4 saturated heterocycles. The minimum absolute atomic E-state index is 0.000211. The van der Waals surface area contributed by atoms with Crippen molar-refractivity contribution in [3.63, 3.8) is 0 Å². The zero-order chi connectivity index (χ0) is 28.9. The second-order valence-corrected chi connectivity index (χ2v) is 10.8. The number of nitrogens with zero attached hydrogens (tertiary/aromatic N) is 6. The van der Waals surface area contributed by atoms with Crippen molar-refractivity contribution in [2.75, 3.05) is 45.3 Å². The number of aromatic nitrogens is 4. The second kappa shape index (κ2) is 12.7. The molecule has 3 aromatic heterocycles. The first kappa shape index (κ1) is 27.8. The molecule has 7 heterocycles. The number of fused-ring (bicyclic) bond motifs is 4. The van der Waals surface area contributed by atoms with Crippen LogP contribution in [0.1, 0.15) is 48.2 Å². The molecule has 0 radical (unpaired) electrons. The molecular weight excluding hydrogens is 536 g/mol. The molecule has 4 fully saturated rings. The van der Waals surface area contributed by atoms with Crippen molar-refractivity contribution in [3.8, 4) is 29.1 Å². The van der Waals surface area contributed by atoms with Crippen LogP contribution in [0.15, 0.2) is 36.5 Å². The van der Waals surface area contributed by atoms with E-state index < -0.39 is 0 Å². The summed E-state index contributed by atoms with van der Waals surface area (Å²) in [5, 5.41) is 16.0. The number of anilines is 2. The van der Waals surface area contributed by atoms with E-state index in [0.717, 1.165) is 45.3 Å². The molecule has 2 bridgehead atoms. The fraction of sp³-hybridized carbons (Fsp3) is 0.467. The normalized spacial score (nSPS) is 22.0. The fourth-order valence-electron chi connectivity index (χ4n) is 5.86. The van der Waals surface area contributed by atoms with E-state index >= 15 is 0 Å². The number of nitrogens with one attached hydrogen (secondary N) is 2. The molecule has 3 atom stereocenters. The molecule has 12 heteroatoms. The van der Waals surface area contributed by atoms with Crippen LogP contribution in [0.5, 0.6) is 11.6 Å². The van der Waals surface area contributed by atoms with Crippen LogP contribution >= 0.6 is 0 Å². The van der Waals surface area contributed by atoms with Crippen molar-refractivity contribution in [1.29, 1.82) is 5.26 Å². The van der Waals surface area contributed by atoms with Gasteiger partial charge in [0.2, 0.25) is 11.8 Å². The highest BCUT2D eigenvalue weighted by Crippen LogP contribution is 2.29. The Morgan fingerprint density at radius 2 is 1.90 bits per heavy atom. The number of methoxy groups -OCH3 is 1. The SMILES string of the molecule is COc1nc(Nc2nccc(-c3ccc(OC4CCOCC4)c(C#N)n3)n2)ccc1C(=O)NC1CN2CCCC1CC2. The van der Waals surface area contributed by atoms with Crippen molar-refractivity contribution >= 4 is 17.7 Å². The summed E-state index contributed by atoms with van der Waals surface area (Å²) in [7, 11) is 1.49. The van der Waals surface area contributed by atoms with E-state index in [1.165, 1.54) is 13.5 Å². The van der Waals surface area contributed by atoms with Gasteiger partial charge in [-0.1, -0.05) is 0 Å². The van der Waals surface area contributed by atoms with Gasteiger partial charge in [-0.3, -0.25) is 4.79 Å². The van der Waals surface area contributed by atoms with Crippen LogP contribution in [-0.4, -0.2) is 82.8 Å². The van der Waals surface area contributed by atoms with Crippen LogP contribution in [0.3, 0.4) is 0 Å². The standard InChI is InChI=1S/C30H34N8O4/c1-40-29-21(28(39)34-25-18-38-13-2-3-19(25)9-14-38)4-7-27(36-29)37-30-32-12-8-23(35-30)22-5-6-26(24(17-31)33-22)42-20-10-15-41-16-11-20/h4-8,12,19-20,25H,2-3,9-11,13-16,18H2,1H3,(H,34,39)(H,32,35,36,37). The smallest absolute Gasteiger partial charge is 0.257 e. The van der Waals surface area contributed by atoms with Crippen LogP contribution in [-0.2, 0) is 4.74 Å². The molecule has 2 N–H and O–H groups in total. The van der Waals surface area contributed by atoms with Gasteiger partial charge >= 0.3 is 0 Å². The first-order chi connectivity index (χ1) is 20.6. The quantitative estimate of drug-likeness (QED) is 0.411. The van der Waals surface area contributed by atoms with Crippen molar-refractivity contribution in [1.82, 2.24) is 30.2 Å². The summed E-state index contributed by atoms with van der Waals surface area (Å²) >= 11 is 0. The van der Waals surface area contributed by atoms with Gasteiger partial charge in [0, 0.05) is 31.6 Å². The Morgan fingerprint density at radius 3 is 2.74 bits per heavy atom. The number of ether oxygens (including phenoxy) is 3. The van der Waals surface area contributed by atoms with E-state index in [1.54, 1.807) is 36.5 Å². The summed E-state index contributed by atoms with van der Waals surface area (Å²) < 4.78 is 16.9. The van der Waals surface area contributed by atoms with E-state index in [9.17, 15) is 10.1 Å². The topological polar surface area (TPSA) is 147 Å². The summed E-state index contributed by atoms with van der Waals surface area (Å²) in [6.07, 6.45) is 6.58. The van der Waals surface area contributed by atoms with E-state index in [2.05, 4.69) is 41.5 Å². The number of nitriles is 1. The van der Waals surface area contributed by atoms with Crippen LogP contribution < -0.4 is 20.1 Å². The number of pyridine rings is 2. The monoisotopic (exact) mass is 570 g/mol. The number of amides is 1. The average Bonchev–Trinajstić information content (AvgIpc) is 3.37. The van der Waals surface area contributed by atoms with E-state index in [1.807, 2.05) is 0 Å². The van der Waals surface area contributed by atoms with Gasteiger partial charge in [0.05, 0.1) is 31.7 Å². The molecule has 0 aromatic carbocycles. The Kier molecular flexibility index (Phi) is 8.39. The number of carbonyl (C=O) groups excluding carboxylic acids is 1.